The fourth-order valence-corrected chi connectivity index (χ4v) is 3.60. The Kier molecular flexibility index (Phi) is 4.13. The summed E-state index contributed by atoms with van der Waals surface area (Å²) < 4.78 is 3.62. The van der Waals surface area contributed by atoms with Crippen LogP contribution in [0.1, 0.15) is 16.8 Å². The second-order valence-electron chi connectivity index (χ2n) is 6.41. The molecule has 0 fully saturated rings. The highest BCUT2D eigenvalue weighted by Gasteiger charge is 2.17. The van der Waals surface area contributed by atoms with Crippen molar-refractivity contribution in [3.8, 4) is 5.69 Å². The van der Waals surface area contributed by atoms with Crippen LogP contribution in [-0.2, 0) is 6.54 Å². The van der Waals surface area contributed by atoms with E-state index in [1.807, 2.05) is 73.1 Å². The summed E-state index contributed by atoms with van der Waals surface area (Å²) in [5.41, 5.74) is 4.50. The van der Waals surface area contributed by atoms with Crippen molar-refractivity contribution in [2.24, 2.45) is 0 Å². The van der Waals surface area contributed by atoms with Gasteiger partial charge in [0.1, 0.15) is 5.65 Å². The summed E-state index contributed by atoms with van der Waals surface area (Å²) in [6.07, 6.45) is 0. The van der Waals surface area contributed by atoms with Gasteiger partial charge in [-0.15, -0.1) is 0 Å². The number of rotatable bonds is 3. The second-order valence-corrected chi connectivity index (χ2v) is 6.85. The van der Waals surface area contributed by atoms with Crippen molar-refractivity contribution in [2.45, 2.75) is 20.4 Å². The van der Waals surface area contributed by atoms with E-state index in [9.17, 15) is 4.79 Å². The summed E-state index contributed by atoms with van der Waals surface area (Å²) in [6, 6.07) is 19.1. The van der Waals surface area contributed by atoms with Gasteiger partial charge in [-0.2, -0.15) is 5.10 Å². The molecule has 0 saturated heterocycles. The molecule has 4 rings (SSSR count). The highest BCUT2D eigenvalue weighted by molar-refractivity contribution is 6.30. The minimum atomic E-state index is -0.0490. The third-order valence-electron chi connectivity index (χ3n) is 4.52. The van der Waals surface area contributed by atoms with Crippen molar-refractivity contribution in [3.05, 3.63) is 92.9 Å². The Morgan fingerprint density at radius 3 is 2.50 bits per heavy atom. The van der Waals surface area contributed by atoms with Gasteiger partial charge in [-0.1, -0.05) is 41.9 Å². The number of halogens is 1. The van der Waals surface area contributed by atoms with Gasteiger partial charge in [-0.3, -0.25) is 9.36 Å². The van der Waals surface area contributed by atoms with Crippen LogP contribution in [-0.4, -0.2) is 14.3 Å². The van der Waals surface area contributed by atoms with E-state index in [0.29, 0.717) is 11.6 Å². The molecule has 0 radical (unpaired) electrons. The van der Waals surface area contributed by atoms with E-state index in [4.69, 9.17) is 16.7 Å². The lowest BCUT2D eigenvalue weighted by molar-refractivity contribution is 0.750. The van der Waals surface area contributed by atoms with Crippen LogP contribution in [0, 0.1) is 13.8 Å². The first kappa shape index (κ1) is 16.6. The first-order chi connectivity index (χ1) is 12.5. The van der Waals surface area contributed by atoms with Crippen LogP contribution in [0.5, 0.6) is 0 Å². The molecule has 130 valence electrons. The van der Waals surface area contributed by atoms with Gasteiger partial charge < -0.3 is 0 Å². The molecular formula is C21H18ClN3O. The molecule has 26 heavy (non-hydrogen) atoms. The number of aryl methyl sites for hydroxylation is 2. The number of benzene rings is 2. The number of pyridine rings is 1. The largest absolute Gasteiger partial charge is 0.288 e. The molecule has 2 heterocycles. The molecule has 5 heteroatoms. The predicted molar refractivity (Wildman–Crippen MR) is 105 cm³/mol. The lowest BCUT2D eigenvalue weighted by Crippen LogP contribution is -2.22. The van der Waals surface area contributed by atoms with Gasteiger partial charge in [0.05, 0.1) is 17.9 Å². The zero-order valence-electron chi connectivity index (χ0n) is 14.6. The van der Waals surface area contributed by atoms with E-state index < -0.39 is 0 Å². The van der Waals surface area contributed by atoms with Crippen molar-refractivity contribution in [3.63, 3.8) is 0 Å². The normalized spacial score (nSPS) is 11.2. The zero-order chi connectivity index (χ0) is 18.3. The van der Waals surface area contributed by atoms with Gasteiger partial charge >= 0.3 is 0 Å². The SMILES string of the molecule is Cc1cc(=O)n(Cc2cccc(Cl)c2)c2c1c(C)nn2-c1ccccc1. The summed E-state index contributed by atoms with van der Waals surface area (Å²) in [4.78, 5) is 12.8. The summed E-state index contributed by atoms with van der Waals surface area (Å²) in [7, 11) is 0. The molecule has 0 aliphatic rings. The molecule has 0 saturated carbocycles. The maximum atomic E-state index is 12.8. The molecule has 2 aromatic carbocycles. The van der Waals surface area contributed by atoms with Gasteiger partial charge in [0.15, 0.2) is 0 Å². The number of nitrogens with zero attached hydrogens (tertiary/aromatic N) is 3. The van der Waals surface area contributed by atoms with Gasteiger partial charge in [0.25, 0.3) is 5.56 Å². The van der Waals surface area contributed by atoms with Crippen LogP contribution in [0.4, 0.5) is 0 Å². The van der Waals surface area contributed by atoms with Crippen LogP contribution in [0.3, 0.4) is 0 Å². The molecule has 0 aliphatic carbocycles. The quantitative estimate of drug-likeness (QED) is 0.537. The summed E-state index contributed by atoms with van der Waals surface area (Å²) >= 11 is 6.12. The molecule has 0 spiro atoms. The van der Waals surface area contributed by atoms with Crippen LogP contribution >= 0.6 is 11.6 Å². The van der Waals surface area contributed by atoms with Crippen LogP contribution in [0.2, 0.25) is 5.02 Å². The van der Waals surface area contributed by atoms with Crippen molar-refractivity contribution in [2.75, 3.05) is 0 Å². The Balaban J connectivity index is 2.02. The first-order valence-electron chi connectivity index (χ1n) is 8.44. The number of fused-ring (bicyclic) bond motifs is 1. The van der Waals surface area contributed by atoms with Gasteiger partial charge in [-0.25, -0.2) is 4.68 Å². The average molecular weight is 364 g/mol. The Labute approximate surface area is 156 Å². The van der Waals surface area contributed by atoms with E-state index in [1.54, 1.807) is 10.6 Å². The fourth-order valence-electron chi connectivity index (χ4n) is 3.39. The van der Waals surface area contributed by atoms with Crippen molar-refractivity contribution < 1.29 is 0 Å². The van der Waals surface area contributed by atoms with Gasteiger partial charge in [0, 0.05) is 16.5 Å². The molecule has 0 atom stereocenters. The number of para-hydroxylation sites is 1. The Morgan fingerprint density at radius 1 is 1.00 bits per heavy atom. The monoisotopic (exact) mass is 363 g/mol. The standard InChI is InChI=1S/C21H18ClN3O/c1-14-11-19(26)24(13-16-7-6-8-17(22)12-16)21-20(14)15(2)23-25(21)18-9-4-3-5-10-18/h3-12H,13H2,1-2H3. The summed E-state index contributed by atoms with van der Waals surface area (Å²) in [6.45, 7) is 4.37. The molecular weight excluding hydrogens is 346 g/mol. The third kappa shape index (κ3) is 2.82. The minimum Gasteiger partial charge on any atom is -0.288 e. The Bertz CT molecular complexity index is 1160. The van der Waals surface area contributed by atoms with Crippen molar-refractivity contribution in [1.29, 1.82) is 0 Å². The van der Waals surface area contributed by atoms with Gasteiger partial charge in [0.2, 0.25) is 0 Å². The number of aromatic nitrogens is 3. The maximum absolute atomic E-state index is 12.8. The average Bonchev–Trinajstić information content (AvgIpc) is 2.97. The molecule has 0 bridgehead atoms. The van der Waals surface area contributed by atoms with Gasteiger partial charge in [-0.05, 0) is 49.2 Å². The molecule has 0 aliphatic heterocycles. The Morgan fingerprint density at radius 2 is 1.77 bits per heavy atom. The molecule has 4 nitrogen and oxygen atoms in total. The van der Waals surface area contributed by atoms with Crippen molar-refractivity contribution >= 4 is 22.6 Å². The smallest absolute Gasteiger partial charge is 0.252 e. The van der Waals surface area contributed by atoms with E-state index >= 15 is 0 Å². The first-order valence-corrected chi connectivity index (χ1v) is 8.82. The maximum Gasteiger partial charge on any atom is 0.252 e. The lowest BCUT2D eigenvalue weighted by atomic mass is 10.1. The van der Waals surface area contributed by atoms with Crippen LogP contribution in [0.15, 0.2) is 65.5 Å². The number of hydrogen-bond donors (Lipinski definition) is 0. The minimum absolute atomic E-state index is 0.0490. The molecule has 0 N–H and O–H groups in total. The summed E-state index contributed by atoms with van der Waals surface area (Å²) in [5.74, 6) is 0. The Hall–Kier alpha value is -2.85. The third-order valence-corrected chi connectivity index (χ3v) is 4.76. The molecule has 0 amide bonds. The van der Waals surface area contributed by atoms with Crippen LogP contribution in [0.25, 0.3) is 16.7 Å². The van der Waals surface area contributed by atoms with E-state index in [1.165, 1.54) is 0 Å². The molecule has 2 aromatic heterocycles. The van der Waals surface area contributed by atoms with E-state index in [0.717, 1.165) is 33.5 Å². The van der Waals surface area contributed by atoms with E-state index in [-0.39, 0.29) is 5.56 Å². The predicted octanol–water partition coefficient (Wildman–Crippen LogP) is 4.51. The zero-order valence-corrected chi connectivity index (χ0v) is 15.4. The molecule has 4 aromatic rings. The van der Waals surface area contributed by atoms with Crippen LogP contribution < -0.4 is 5.56 Å². The van der Waals surface area contributed by atoms with E-state index in [2.05, 4.69) is 0 Å². The number of hydrogen-bond acceptors (Lipinski definition) is 2. The second kappa shape index (κ2) is 6.46. The van der Waals surface area contributed by atoms with Crippen molar-refractivity contribution in [1.82, 2.24) is 14.3 Å². The summed E-state index contributed by atoms with van der Waals surface area (Å²) in [5, 5.41) is 6.38. The molecule has 0 unspecified atom stereocenters. The lowest BCUT2D eigenvalue weighted by Gasteiger charge is -2.12. The fraction of sp³-hybridized carbons (Fsp3) is 0.143. The highest BCUT2D eigenvalue weighted by Crippen LogP contribution is 2.24. The topological polar surface area (TPSA) is 39.8 Å². The highest BCUT2D eigenvalue weighted by atomic mass is 35.5.